The van der Waals surface area contributed by atoms with Crippen molar-refractivity contribution in [2.45, 2.75) is 13.1 Å². The van der Waals surface area contributed by atoms with Crippen molar-refractivity contribution in [1.82, 2.24) is 19.7 Å². The van der Waals surface area contributed by atoms with Crippen molar-refractivity contribution in [2.75, 3.05) is 18.4 Å². The Hall–Kier alpha value is -3.11. The predicted molar refractivity (Wildman–Crippen MR) is 87.4 cm³/mol. The van der Waals surface area contributed by atoms with Crippen molar-refractivity contribution < 1.29 is 27.9 Å². The molecule has 0 saturated carbocycles. The Labute approximate surface area is 151 Å². The van der Waals surface area contributed by atoms with Crippen LogP contribution in [0, 0.1) is 18.8 Å². The highest BCUT2D eigenvalue weighted by Gasteiger charge is 2.53. The van der Waals surface area contributed by atoms with E-state index in [2.05, 4.69) is 15.4 Å². The van der Waals surface area contributed by atoms with Crippen LogP contribution in [0.15, 0.2) is 30.6 Å². The summed E-state index contributed by atoms with van der Waals surface area (Å²) in [5.74, 6) is -4.75. The minimum Gasteiger partial charge on any atom is -0.481 e. The summed E-state index contributed by atoms with van der Waals surface area (Å²) in [4.78, 5) is 28.5. The number of carbonyl (C=O) groups excluding carboxylic acids is 1. The molecular weight excluding hydrogens is 367 g/mol. The average molecular weight is 383 g/mol. The molecule has 0 aromatic carbocycles. The van der Waals surface area contributed by atoms with Gasteiger partial charge in [0.2, 0.25) is 0 Å². The van der Waals surface area contributed by atoms with Crippen LogP contribution in [0.2, 0.25) is 0 Å². The third-order valence-electron chi connectivity index (χ3n) is 4.34. The summed E-state index contributed by atoms with van der Waals surface area (Å²) >= 11 is 0. The Morgan fingerprint density at radius 1 is 1.26 bits per heavy atom. The minimum atomic E-state index is -4.70. The monoisotopic (exact) mass is 383 g/mol. The van der Waals surface area contributed by atoms with E-state index in [0.29, 0.717) is 5.82 Å². The molecule has 2 aromatic rings. The molecule has 0 bridgehead atoms. The van der Waals surface area contributed by atoms with Crippen LogP contribution in [0.5, 0.6) is 0 Å². The number of rotatable bonds is 3. The molecule has 2 aromatic heterocycles. The molecule has 2 atom stereocenters. The molecule has 0 unspecified atom stereocenters. The number of aryl methyl sites for hydroxylation is 1. The second kappa shape index (κ2) is 6.89. The number of pyridine rings is 1. The van der Waals surface area contributed by atoms with Gasteiger partial charge in [0.15, 0.2) is 5.82 Å². The average Bonchev–Trinajstić information content (AvgIpc) is 3.21. The first-order valence-corrected chi connectivity index (χ1v) is 7.99. The number of hydrogen-bond donors (Lipinski definition) is 2. The number of nitrogens with zero attached hydrogens (tertiary/aromatic N) is 4. The van der Waals surface area contributed by atoms with E-state index in [4.69, 9.17) is 5.11 Å². The fourth-order valence-corrected chi connectivity index (χ4v) is 2.96. The van der Waals surface area contributed by atoms with E-state index in [1.54, 1.807) is 18.3 Å². The van der Waals surface area contributed by atoms with Crippen LogP contribution in [0.25, 0.3) is 5.82 Å². The Morgan fingerprint density at radius 2 is 2.00 bits per heavy atom. The zero-order valence-electron chi connectivity index (χ0n) is 14.1. The van der Waals surface area contributed by atoms with Crippen molar-refractivity contribution in [3.05, 3.63) is 36.2 Å². The normalized spacial score (nSPS) is 19.9. The first-order chi connectivity index (χ1) is 12.7. The molecule has 3 rings (SSSR count). The zero-order chi connectivity index (χ0) is 19.8. The van der Waals surface area contributed by atoms with Crippen molar-refractivity contribution in [1.29, 1.82) is 0 Å². The number of alkyl halides is 3. The summed E-state index contributed by atoms with van der Waals surface area (Å²) in [6.45, 7) is 0.603. The van der Waals surface area contributed by atoms with Gasteiger partial charge in [0.25, 0.3) is 0 Å². The summed E-state index contributed by atoms with van der Waals surface area (Å²) in [5, 5.41) is 15.6. The number of likely N-dealkylation sites (tertiary alicyclic amines) is 1. The van der Waals surface area contributed by atoms with Gasteiger partial charge in [-0.3, -0.25) is 10.1 Å². The van der Waals surface area contributed by atoms with Gasteiger partial charge in [-0.25, -0.2) is 9.78 Å². The standard InChI is InChI=1S/C16H16F3N5O3/c1-9-2-4-20-13(6-9)24-12(3-5-21-24)22-15(27)23-7-10(14(25)26)11(8-23)16(17,18)19/h2-6,10-11H,7-8H2,1H3,(H,22,27)(H,25,26)/t10-,11-/m1/s1. The van der Waals surface area contributed by atoms with E-state index in [1.807, 2.05) is 6.92 Å². The summed E-state index contributed by atoms with van der Waals surface area (Å²) in [6, 6.07) is 4.13. The molecule has 11 heteroatoms. The van der Waals surface area contributed by atoms with Crippen molar-refractivity contribution >= 4 is 17.8 Å². The van der Waals surface area contributed by atoms with Crippen molar-refractivity contribution in [3.8, 4) is 5.82 Å². The molecule has 1 aliphatic rings. The number of anilines is 1. The second-order valence-electron chi connectivity index (χ2n) is 6.25. The number of carboxylic acid groups (broad SMARTS) is 1. The molecule has 3 heterocycles. The van der Waals surface area contributed by atoms with E-state index >= 15 is 0 Å². The smallest absolute Gasteiger partial charge is 0.394 e. The van der Waals surface area contributed by atoms with Gasteiger partial charge in [0, 0.05) is 25.4 Å². The second-order valence-corrected chi connectivity index (χ2v) is 6.25. The number of carboxylic acids is 1. The van der Waals surface area contributed by atoms with Crippen molar-refractivity contribution in [3.63, 3.8) is 0 Å². The summed E-state index contributed by atoms with van der Waals surface area (Å²) in [5.41, 5.74) is 0.907. The Kier molecular flexibility index (Phi) is 4.77. The molecule has 0 aliphatic carbocycles. The number of halogens is 3. The van der Waals surface area contributed by atoms with Crippen LogP contribution in [-0.4, -0.2) is 56.0 Å². The summed E-state index contributed by atoms with van der Waals surface area (Å²) in [7, 11) is 0. The van der Waals surface area contributed by atoms with E-state index in [0.717, 1.165) is 10.5 Å². The van der Waals surface area contributed by atoms with Gasteiger partial charge >= 0.3 is 18.2 Å². The van der Waals surface area contributed by atoms with Gasteiger partial charge in [-0.15, -0.1) is 0 Å². The number of aliphatic carboxylic acids is 1. The van der Waals surface area contributed by atoms with Crippen LogP contribution in [0.4, 0.5) is 23.8 Å². The predicted octanol–water partition coefficient (Wildman–Crippen LogP) is 2.30. The highest BCUT2D eigenvalue weighted by atomic mass is 19.4. The molecular formula is C16H16F3N5O3. The van der Waals surface area contributed by atoms with E-state index in [9.17, 15) is 22.8 Å². The Morgan fingerprint density at radius 3 is 2.59 bits per heavy atom. The Balaban J connectivity index is 1.77. The number of hydrogen-bond acceptors (Lipinski definition) is 4. The maximum atomic E-state index is 13.1. The lowest BCUT2D eigenvalue weighted by Crippen LogP contribution is -2.35. The van der Waals surface area contributed by atoms with Gasteiger partial charge < -0.3 is 10.0 Å². The quantitative estimate of drug-likeness (QED) is 0.847. The lowest BCUT2D eigenvalue weighted by Gasteiger charge is -2.19. The first-order valence-electron chi connectivity index (χ1n) is 7.99. The fraction of sp³-hybridized carbons (Fsp3) is 0.375. The lowest BCUT2D eigenvalue weighted by atomic mass is 9.96. The third kappa shape index (κ3) is 3.86. The SMILES string of the molecule is Cc1ccnc(-n2nccc2NC(=O)N2C[C@@H](C(F)(F)F)[C@H](C(=O)O)C2)c1. The van der Waals surface area contributed by atoms with E-state index in [-0.39, 0.29) is 5.82 Å². The molecule has 1 aliphatic heterocycles. The van der Waals surface area contributed by atoms with E-state index < -0.39 is 43.1 Å². The largest absolute Gasteiger partial charge is 0.481 e. The third-order valence-corrected chi connectivity index (χ3v) is 4.34. The van der Waals surface area contributed by atoms with Crippen molar-refractivity contribution in [2.24, 2.45) is 11.8 Å². The molecule has 1 fully saturated rings. The molecule has 1 saturated heterocycles. The minimum absolute atomic E-state index is 0.209. The molecule has 0 spiro atoms. The highest BCUT2D eigenvalue weighted by molar-refractivity contribution is 5.89. The lowest BCUT2D eigenvalue weighted by molar-refractivity contribution is -0.187. The van der Waals surface area contributed by atoms with Gasteiger partial charge in [0.05, 0.1) is 18.0 Å². The first kappa shape index (κ1) is 18.7. The Bertz CT molecular complexity index is 867. The van der Waals surface area contributed by atoms with Crippen LogP contribution < -0.4 is 5.32 Å². The van der Waals surface area contributed by atoms with Crippen LogP contribution in [-0.2, 0) is 4.79 Å². The number of urea groups is 1. The number of nitrogens with one attached hydrogen (secondary N) is 1. The number of amides is 2. The molecule has 0 radical (unpaired) electrons. The fourth-order valence-electron chi connectivity index (χ4n) is 2.96. The summed E-state index contributed by atoms with van der Waals surface area (Å²) in [6.07, 6.45) is -1.74. The van der Waals surface area contributed by atoms with Crippen LogP contribution in [0.3, 0.4) is 0 Å². The van der Waals surface area contributed by atoms with Gasteiger partial charge in [-0.05, 0) is 24.6 Å². The maximum Gasteiger partial charge on any atom is 0.394 e. The van der Waals surface area contributed by atoms with Gasteiger partial charge in [0.1, 0.15) is 5.82 Å². The van der Waals surface area contributed by atoms with Crippen LogP contribution >= 0.6 is 0 Å². The topological polar surface area (TPSA) is 100 Å². The molecule has 2 amide bonds. The van der Waals surface area contributed by atoms with Crippen LogP contribution in [0.1, 0.15) is 5.56 Å². The number of aromatic nitrogens is 3. The molecule has 144 valence electrons. The number of carbonyl (C=O) groups is 2. The molecule has 27 heavy (non-hydrogen) atoms. The zero-order valence-corrected chi connectivity index (χ0v) is 14.1. The molecule has 8 nitrogen and oxygen atoms in total. The van der Waals surface area contributed by atoms with Gasteiger partial charge in [-0.1, -0.05) is 0 Å². The summed E-state index contributed by atoms with van der Waals surface area (Å²) < 4.78 is 40.5. The van der Waals surface area contributed by atoms with E-state index in [1.165, 1.54) is 16.9 Å². The maximum absolute atomic E-state index is 13.1. The van der Waals surface area contributed by atoms with Gasteiger partial charge in [-0.2, -0.15) is 23.0 Å². The highest BCUT2D eigenvalue weighted by Crippen LogP contribution is 2.37. The molecule has 2 N–H and O–H groups in total.